The number of carbonyl (C=O) groups excluding carboxylic acids is 1. The summed E-state index contributed by atoms with van der Waals surface area (Å²) < 4.78 is 8.41. The van der Waals surface area contributed by atoms with Crippen LogP contribution in [0, 0.1) is 13.8 Å². The molecule has 0 fully saturated rings. The van der Waals surface area contributed by atoms with E-state index >= 15 is 0 Å². The van der Waals surface area contributed by atoms with Crippen LogP contribution in [0.15, 0.2) is 65.5 Å². The summed E-state index contributed by atoms with van der Waals surface area (Å²) in [5, 5.41) is 6.90. The molecule has 0 unspecified atom stereocenters. The Morgan fingerprint density at radius 3 is 2.24 bits per heavy atom. The fourth-order valence-corrected chi connectivity index (χ4v) is 5.18. The van der Waals surface area contributed by atoms with Gasteiger partial charge in [-0.3, -0.25) is 9.48 Å². The topological polar surface area (TPSA) is 77.3 Å². The average Bonchev–Trinajstić information content (AvgIpc) is 3.27. The van der Waals surface area contributed by atoms with Crippen molar-refractivity contribution in [3.8, 4) is 16.8 Å². The molecule has 0 bridgehead atoms. The molecule has 174 valence electrons. The standard InChI is InChI=1S/C25H24N4O3S2/c1-15-21(23(30)29(28(15)3)18-13-9-6-10-14-18)26-25(33)27-22-20(24(31)32-4)19(16(2)34-22)17-11-7-5-8-12-17/h5-14H,1-4H3,(H2,26,27,33). The van der Waals surface area contributed by atoms with Gasteiger partial charge in [0.25, 0.3) is 5.56 Å². The number of para-hydroxylation sites is 1. The van der Waals surface area contributed by atoms with Crippen LogP contribution in [-0.4, -0.2) is 27.6 Å². The maximum atomic E-state index is 13.2. The molecule has 0 aliphatic heterocycles. The van der Waals surface area contributed by atoms with Gasteiger partial charge in [-0.05, 0) is 43.8 Å². The molecule has 0 radical (unpaired) electrons. The van der Waals surface area contributed by atoms with E-state index in [9.17, 15) is 9.59 Å². The van der Waals surface area contributed by atoms with Crippen molar-refractivity contribution in [3.05, 3.63) is 87.2 Å². The van der Waals surface area contributed by atoms with Gasteiger partial charge < -0.3 is 15.4 Å². The number of thiophene rings is 1. The average molecular weight is 493 g/mol. The number of aromatic nitrogens is 2. The molecule has 7 nitrogen and oxygen atoms in total. The lowest BCUT2D eigenvalue weighted by atomic mass is 10.0. The highest BCUT2D eigenvalue weighted by atomic mass is 32.1. The fraction of sp³-hybridized carbons (Fsp3) is 0.160. The number of benzene rings is 2. The number of nitrogens with zero attached hydrogens (tertiary/aromatic N) is 2. The Labute approximate surface area is 206 Å². The van der Waals surface area contributed by atoms with Crippen molar-refractivity contribution >= 4 is 45.3 Å². The normalized spacial score (nSPS) is 10.7. The Bertz CT molecular complexity index is 1420. The zero-order chi connectivity index (χ0) is 24.4. The Hall–Kier alpha value is -3.69. The van der Waals surface area contributed by atoms with Gasteiger partial charge in [0.1, 0.15) is 16.3 Å². The van der Waals surface area contributed by atoms with Crippen LogP contribution in [0.3, 0.4) is 0 Å². The van der Waals surface area contributed by atoms with Crippen molar-refractivity contribution in [3.63, 3.8) is 0 Å². The molecule has 0 aliphatic carbocycles. The number of carbonyl (C=O) groups is 1. The molecule has 2 aromatic carbocycles. The first kappa shape index (κ1) is 23.5. The maximum Gasteiger partial charge on any atom is 0.341 e. The lowest BCUT2D eigenvalue weighted by molar-refractivity contribution is 0.0603. The van der Waals surface area contributed by atoms with Gasteiger partial charge in [-0.2, -0.15) is 0 Å². The molecule has 2 N–H and O–H groups in total. The molecular weight excluding hydrogens is 468 g/mol. The monoisotopic (exact) mass is 492 g/mol. The summed E-state index contributed by atoms with van der Waals surface area (Å²) in [5.74, 6) is -0.462. The Morgan fingerprint density at radius 2 is 1.62 bits per heavy atom. The van der Waals surface area contributed by atoms with Crippen molar-refractivity contribution < 1.29 is 9.53 Å². The van der Waals surface area contributed by atoms with Crippen LogP contribution in [0.2, 0.25) is 0 Å². The Kier molecular flexibility index (Phi) is 6.67. The molecule has 0 saturated heterocycles. The van der Waals surface area contributed by atoms with Gasteiger partial charge in [0.2, 0.25) is 0 Å². The molecule has 9 heteroatoms. The van der Waals surface area contributed by atoms with Gasteiger partial charge in [0, 0.05) is 17.5 Å². The van der Waals surface area contributed by atoms with E-state index in [1.807, 2.05) is 81.6 Å². The van der Waals surface area contributed by atoms with Gasteiger partial charge in [-0.25, -0.2) is 9.48 Å². The van der Waals surface area contributed by atoms with Crippen LogP contribution in [0.25, 0.3) is 16.8 Å². The highest BCUT2D eigenvalue weighted by molar-refractivity contribution is 7.80. The number of hydrogen-bond donors (Lipinski definition) is 2. The number of esters is 1. The second-order valence-electron chi connectivity index (χ2n) is 7.61. The summed E-state index contributed by atoms with van der Waals surface area (Å²) in [7, 11) is 3.17. The van der Waals surface area contributed by atoms with E-state index in [0.717, 1.165) is 27.4 Å². The first-order valence-electron chi connectivity index (χ1n) is 10.5. The lowest BCUT2D eigenvalue weighted by Crippen LogP contribution is -2.25. The first-order valence-corrected chi connectivity index (χ1v) is 11.7. The summed E-state index contributed by atoms with van der Waals surface area (Å²) in [6.45, 7) is 3.79. The van der Waals surface area contributed by atoms with E-state index in [1.54, 1.807) is 9.36 Å². The third-order valence-corrected chi connectivity index (χ3v) is 6.78. The van der Waals surface area contributed by atoms with Crippen molar-refractivity contribution in [1.82, 2.24) is 9.36 Å². The highest BCUT2D eigenvalue weighted by Gasteiger charge is 2.25. The predicted octanol–water partition coefficient (Wildman–Crippen LogP) is 5.12. The summed E-state index contributed by atoms with van der Waals surface area (Å²) in [5.41, 5.74) is 3.72. The van der Waals surface area contributed by atoms with Crippen molar-refractivity contribution in [2.45, 2.75) is 13.8 Å². The van der Waals surface area contributed by atoms with Crippen LogP contribution in [-0.2, 0) is 11.8 Å². The van der Waals surface area contributed by atoms with Crippen LogP contribution in [0.1, 0.15) is 20.9 Å². The van der Waals surface area contributed by atoms with Gasteiger partial charge in [0.15, 0.2) is 5.11 Å². The van der Waals surface area contributed by atoms with Gasteiger partial charge in [-0.15, -0.1) is 11.3 Å². The lowest BCUT2D eigenvalue weighted by Gasteiger charge is -2.11. The summed E-state index contributed by atoms with van der Waals surface area (Å²) in [4.78, 5) is 26.8. The highest BCUT2D eigenvalue weighted by Crippen LogP contribution is 2.40. The summed E-state index contributed by atoms with van der Waals surface area (Å²) in [6, 6.07) is 19.0. The van der Waals surface area contributed by atoms with E-state index < -0.39 is 5.97 Å². The third-order valence-electron chi connectivity index (χ3n) is 5.56. The molecule has 4 aromatic rings. The van der Waals surface area contributed by atoms with Gasteiger partial charge >= 0.3 is 5.97 Å². The number of aryl methyl sites for hydroxylation is 1. The van der Waals surface area contributed by atoms with Gasteiger partial charge in [-0.1, -0.05) is 48.5 Å². The second-order valence-corrected chi connectivity index (χ2v) is 9.24. The van der Waals surface area contributed by atoms with Crippen LogP contribution < -0.4 is 16.2 Å². The van der Waals surface area contributed by atoms with Crippen molar-refractivity contribution in [2.75, 3.05) is 17.7 Å². The molecule has 34 heavy (non-hydrogen) atoms. The Balaban J connectivity index is 1.68. The largest absolute Gasteiger partial charge is 0.465 e. The quantitative estimate of drug-likeness (QED) is 0.298. The predicted molar refractivity (Wildman–Crippen MR) is 141 cm³/mol. The first-order chi connectivity index (χ1) is 16.3. The molecule has 0 spiro atoms. The van der Waals surface area contributed by atoms with Crippen LogP contribution in [0.4, 0.5) is 10.7 Å². The summed E-state index contributed by atoms with van der Waals surface area (Å²) >= 11 is 6.94. The minimum Gasteiger partial charge on any atom is -0.465 e. The number of anilines is 2. The second kappa shape index (κ2) is 9.66. The smallest absolute Gasteiger partial charge is 0.341 e. The number of nitrogens with one attached hydrogen (secondary N) is 2. The Morgan fingerprint density at radius 1 is 1.00 bits per heavy atom. The molecule has 4 rings (SSSR count). The third kappa shape index (κ3) is 4.27. The van der Waals surface area contributed by atoms with Gasteiger partial charge in [0.05, 0.1) is 18.5 Å². The van der Waals surface area contributed by atoms with E-state index in [-0.39, 0.29) is 10.7 Å². The SMILES string of the molecule is COC(=O)c1c(NC(=S)Nc2c(C)n(C)n(-c3ccccc3)c2=O)sc(C)c1-c1ccccc1. The molecule has 0 aliphatic rings. The summed E-state index contributed by atoms with van der Waals surface area (Å²) in [6.07, 6.45) is 0. The van der Waals surface area contributed by atoms with E-state index in [0.29, 0.717) is 16.3 Å². The van der Waals surface area contributed by atoms with E-state index in [4.69, 9.17) is 17.0 Å². The number of rotatable bonds is 5. The number of ether oxygens (including phenoxy) is 1. The molecule has 2 aromatic heterocycles. The zero-order valence-electron chi connectivity index (χ0n) is 19.2. The minimum atomic E-state index is -0.462. The maximum absolute atomic E-state index is 13.2. The van der Waals surface area contributed by atoms with Crippen molar-refractivity contribution in [2.24, 2.45) is 7.05 Å². The molecule has 0 atom stereocenters. The molecule has 2 heterocycles. The molecular formula is C25H24N4O3S2. The minimum absolute atomic E-state index is 0.206. The number of methoxy groups -OCH3 is 1. The van der Waals surface area contributed by atoms with E-state index in [2.05, 4.69) is 10.6 Å². The fourth-order valence-electron chi connectivity index (χ4n) is 3.84. The number of thiocarbonyl (C=S) groups is 1. The van der Waals surface area contributed by atoms with Crippen LogP contribution in [0.5, 0.6) is 0 Å². The molecule has 0 saturated carbocycles. The van der Waals surface area contributed by atoms with Crippen LogP contribution >= 0.6 is 23.6 Å². The molecule has 0 amide bonds. The van der Waals surface area contributed by atoms with E-state index in [1.165, 1.54) is 18.4 Å². The number of hydrogen-bond acceptors (Lipinski definition) is 5. The van der Waals surface area contributed by atoms with Crippen molar-refractivity contribution in [1.29, 1.82) is 0 Å². The zero-order valence-corrected chi connectivity index (χ0v) is 20.8.